The molecule has 0 aliphatic heterocycles. The Kier molecular flexibility index (Phi) is 2.41. The molecular formula is C14H12O2S. The average Bonchev–Trinajstić information content (AvgIpc) is 2.95. The van der Waals surface area contributed by atoms with Crippen LogP contribution in [0.3, 0.4) is 0 Å². The summed E-state index contributed by atoms with van der Waals surface area (Å²) in [6, 6.07) is 11.4. The van der Waals surface area contributed by atoms with Crippen molar-refractivity contribution < 1.29 is 9.52 Å². The molecule has 1 aromatic carbocycles. The van der Waals surface area contributed by atoms with Crippen LogP contribution in [-0.4, -0.2) is 5.11 Å². The number of thiophene rings is 1. The monoisotopic (exact) mass is 244 g/mol. The van der Waals surface area contributed by atoms with Crippen LogP contribution in [0, 0.1) is 0 Å². The van der Waals surface area contributed by atoms with Gasteiger partial charge in [-0.15, -0.1) is 11.3 Å². The summed E-state index contributed by atoms with van der Waals surface area (Å²) in [6.45, 7) is 2.14. The summed E-state index contributed by atoms with van der Waals surface area (Å²) < 4.78 is 5.74. The highest BCUT2D eigenvalue weighted by atomic mass is 32.1. The lowest BCUT2D eigenvalue weighted by Crippen LogP contribution is -1.64. The van der Waals surface area contributed by atoms with E-state index in [0.717, 1.165) is 28.0 Å². The first-order valence-corrected chi connectivity index (χ1v) is 6.40. The highest BCUT2D eigenvalue weighted by Gasteiger charge is 2.10. The van der Waals surface area contributed by atoms with Gasteiger partial charge in [-0.25, -0.2) is 0 Å². The van der Waals surface area contributed by atoms with Gasteiger partial charge in [0.25, 0.3) is 0 Å². The molecule has 0 aliphatic carbocycles. The summed E-state index contributed by atoms with van der Waals surface area (Å²) >= 11 is 1.73. The number of furan rings is 1. The minimum Gasteiger partial charge on any atom is -0.507 e. The summed E-state index contributed by atoms with van der Waals surface area (Å²) in [7, 11) is 0. The van der Waals surface area contributed by atoms with Gasteiger partial charge >= 0.3 is 0 Å². The van der Waals surface area contributed by atoms with Crippen LogP contribution in [0.4, 0.5) is 0 Å². The molecule has 0 saturated heterocycles. The van der Waals surface area contributed by atoms with E-state index in [2.05, 4.69) is 19.1 Å². The molecule has 3 heteroatoms. The Labute approximate surface area is 103 Å². The second kappa shape index (κ2) is 3.93. The molecule has 2 heterocycles. The van der Waals surface area contributed by atoms with E-state index in [0.29, 0.717) is 0 Å². The third kappa shape index (κ3) is 1.72. The van der Waals surface area contributed by atoms with Crippen molar-refractivity contribution in [3.63, 3.8) is 0 Å². The van der Waals surface area contributed by atoms with Crippen molar-refractivity contribution in [1.82, 2.24) is 0 Å². The number of rotatable bonds is 2. The second-order valence-corrected chi connectivity index (χ2v) is 5.09. The first-order valence-electron chi connectivity index (χ1n) is 5.58. The molecule has 17 heavy (non-hydrogen) atoms. The summed E-state index contributed by atoms with van der Waals surface area (Å²) in [6.07, 6.45) is 1.04. The molecule has 3 rings (SSSR count). The first kappa shape index (κ1) is 10.4. The second-order valence-electron chi connectivity index (χ2n) is 3.92. The van der Waals surface area contributed by atoms with E-state index in [1.165, 1.54) is 4.88 Å². The third-order valence-electron chi connectivity index (χ3n) is 2.79. The number of hydrogen-bond acceptors (Lipinski definition) is 3. The number of phenolic OH excluding ortho intramolecular Hbond substituents is 1. The molecule has 0 spiro atoms. The largest absolute Gasteiger partial charge is 0.507 e. The average molecular weight is 244 g/mol. The van der Waals surface area contributed by atoms with Gasteiger partial charge in [-0.05, 0) is 36.8 Å². The Balaban J connectivity index is 2.14. The molecule has 0 unspecified atom stereocenters. The molecule has 86 valence electrons. The van der Waals surface area contributed by atoms with Crippen molar-refractivity contribution in [3.8, 4) is 16.4 Å². The van der Waals surface area contributed by atoms with Crippen LogP contribution < -0.4 is 0 Å². The molecule has 0 bridgehead atoms. The van der Waals surface area contributed by atoms with Crippen LogP contribution in [-0.2, 0) is 6.42 Å². The van der Waals surface area contributed by atoms with E-state index < -0.39 is 0 Å². The Hall–Kier alpha value is -1.74. The molecule has 0 saturated carbocycles. The maximum atomic E-state index is 9.73. The number of aromatic hydroxyl groups is 1. The number of aryl methyl sites for hydroxylation is 1. The Morgan fingerprint density at radius 1 is 1.24 bits per heavy atom. The van der Waals surface area contributed by atoms with Crippen molar-refractivity contribution in [2.24, 2.45) is 0 Å². The molecule has 1 N–H and O–H groups in total. The van der Waals surface area contributed by atoms with Gasteiger partial charge in [-0.2, -0.15) is 0 Å². The SMILES string of the molecule is CCc1ccc(-c2cc3c(O)cccc3o2)s1. The van der Waals surface area contributed by atoms with Crippen LogP contribution in [0.2, 0.25) is 0 Å². The molecule has 0 fully saturated rings. The molecule has 3 aromatic rings. The van der Waals surface area contributed by atoms with Gasteiger partial charge in [0.1, 0.15) is 17.1 Å². The normalized spacial score (nSPS) is 11.1. The quantitative estimate of drug-likeness (QED) is 0.723. The van der Waals surface area contributed by atoms with E-state index in [-0.39, 0.29) is 5.75 Å². The van der Waals surface area contributed by atoms with Crippen molar-refractivity contribution in [2.75, 3.05) is 0 Å². The molecular weight excluding hydrogens is 232 g/mol. The Morgan fingerprint density at radius 2 is 2.12 bits per heavy atom. The van der Waals surface area contributed by atoms with E-state index in [4.69, 9.17) is 4.42 Å². The summed E-state index contributed by atoms with van der Waals surface area (Å²) in [5, 5.41) is 10.5. The highest BCUT2D eigenvalue weighted by molar-refractivity contribution is 7.15. The van der Waals surface area contributed by atoms with Gasteiger partial charge in [0.15, 0.2) is 0 Å². The van der Waals surface area contributed by atoms with Crippen molar-refractivity contribution in [2.45, 2.75) is 13.3 Å². The van der Waals surface area contributed by atoms with Gasteiger partial charge in [0.05, 0.1) is 10.3 Å². The zero-order chi connectivity index (χ0) is 11.8. The van der Waals surface area contributed by atoms with E-state index in [1.807, 2.05) is 12.1 Å². The molecule has 0 atom stereocenters. The van der Waals surface area contributed by atoms with Crippen molar-refractivity contribution in [1.29, 1.82) is 0 Å². The number of benzene rings is 1. The number of fused-ring (bicyclic) bond motifs is 1. The minimum atomic E-state index is 0.268. The van der Waals surface area contributed by atoms with Crippen molar-refractivity contribution in [3.05, 3.63) is 41.3 Å². The van der Waals surface area contributed by atoms with Gasteiger partial charge < -0.3 is 9.52 Å². The summed E-state index contributed by atoms with van der Waals surface area (Å²) in [4.78, 5) is 2.45. The molecule has 2 aromatic heterocycles. The van der Waals surface area contributed by atoms with Crippen molar-refractivity contribution >= 4 is 22.3 Å². The zero-order valence-electron chi connectivity index (χ0n) is 9.43. The van der Waals surface area contributed by atoms with Gasteiger partial charge in [0, 0.05) is 4.88 Å². The fourth-order valence-electron chi connectivity index (χ4n) is 1.87. The number of phenols is 1. The van der Waals surface area contributed by atoms with Gasteiger partial charge in [-0.3, -0.25) is 0 Å². The Bertz CT molecular complexity index is 664. The summed E-state index contributed by atoms with van der Waals surface area (Å²) in [5.41, 5.74) is 0.728. The van der Waals surface area contributed by atoms with Crippen LogP contribution in [0.5, 0.6) is 5.75 Å². The molecule has 0 amide bonds. The fraction of sp³-hybridized carbons (Fsp3) is 0.143. The fourth-order valence-corrected chi connectivity index (χ4v) is 2.77. The predicted molar refractivity (Wildman–Crippen MR) is 70.6 cm³/mol. The maximum Gasteiger partial charge on any atom is 0.145 e. The van der Waals surface area contributed by atoms with Crippen LogP contribution >= 0.6 is 11.3 Å². The van der Waals surface area contributed by atoms with Gasteiger partial charge in [-0.1, -0.05) is 13.0 Å². The van der Waals surface area contributed by atoms with Crippen LogP contribution in [0.25, 0.3) is 21.6 Å². The highest BCUT2D eigenvalue weighted by Crippen LogP contribution is 2.35. The minimum absolute atomic E-state index is 0.268. The van der Waals surface area contributed by atoms with E-state index >= 15 is 0 Å². The smallest absolute Gasteiger partial charge is 0.145 e. The van der Waals surface area contributed by atoms with E-state index in [9.17, 15) is 5.11 Å². The maximum absolute atomic E-state index is 9.73. The van der Waals surface area contributed by atoms with Crippen LogP contribution in [0.15, 0.2) is 40.8 Å². The zero-order valence-corrected chi connectivity index (χ0v) is 10.3. The topological polar surface area (TPSA) is 33.4 Å². The molecule has 0 radical (unpaired) electrons. The van der Waals surface area contributed by atoms with E-state index in [1.54, 1.807) is 23.5 Å². The standard InChI is InChI=1S/C14H12O2S/c1-2-9-6-7-14(17-9)13-8-10-11(15)4-3-5-12(10)16-13/h3-8,15H,2H2,1H3. The Morgan fingerprint density at radius 3 is 2.82 bits per heavy atom. The first-order chi connectivity index (χ1) is 8.28. The number of hydrogen-bond donors (Lipinski definition) is 1. The lowest BCUT2D eigenvalue weighted by atomic mass is 10.2. The molecule has 2 nitrogen and oxygen atoms in total. The predicted octanol–water partition coefficient (Wildman–Crippen LogP) is 4.43. The van der Waals surface area contributed by atoms with Gasteiger partial charge in [0.2, 0.25) is 0 Å². The third-order valence-corrected chi connectivity index (χ3v) is 4.04. The van der Waals surface area contributed by atoms with Crippen LogP contribution in [0.1, 0.15) is 11.8 Å². The summed E-state index contributed by atoms with van der Waals surface area (Å²) in [5.74, 6) is 1.09. The molecule has 0 aliphatic rings. The lowest BCUT2D eigenvalue weighted by molar-refractivity contribution is 0.481. The lowest BCUT2D eigenvalue weighted by Gasteiger charge is -1.90.